The maximum absolute atomic E-state index is 12.1. The van der Waals surface area contributed by atoms with Crippen molar-refractivity contribution in [3.63, 3.8) is 0 Å². The van der Waals surface area contributed by atoms with Crippen LogP contribution in [0, 0.1) is 0 Å². The molecule has 2 heterocycles. The lowest BCUT2D eigenvalue weighted by Gasteiger charge is -1.97. The van der Waals surface area contributed by atoms with Crippen molar-refractivity contribution in [1.29, 1.82) is 0 Å². The number of ketones is 1. The SMILES string of the molecule is O=C(CCc1ccccn1)c1cc2cc(Cl)ccc2o1. The number of aryl methyl sites for hydroxylation is 1. The molecule has 0 fully saturated rings. The molecule has 0 aliphatic heterocycles. The van der Waals surface area contributed by atoms with Crippen molar-refractivity contribution in [2.24, 2.45) is 0 Å². The van der Waals surface area contributed by atoms with E-state index in [0.717, 1.165) is 11.1 Å². The lowest BCUT2D eigenvalue weighted by atomic mass is 10.1. The number of carbonyl (C=O) groups excluding carboxylic acids is 1. The normalized spacial score (nSPS) is 10.8. The predicted octanol–water partition coefficient (Wildman–Crippen LogP) is 4.30. The zero-order chi connectivity index (χ0) is 13.9. The van der Waals surface area contributed by atoms with Crippen molar-refractivity contribution in [1.82, 2.24) is 4.98 Å². The fourth-order valence-electron chi connectivity index (χ4n) is 2.06. The number of aromatic nitrogens is 1. The highest BCUT2D eigenvalue weighted by Crippen LogP contribution is 2.24. The Hall–Kier alpha value is -2.13. The number of hydrogen-bond acceptors (Lipinski definition) is 3. The summed E-state index contributed by atoms with van der Waals surface area (Å²) in [5.74, 6) is 0.348. The van der Waals surface area contributed by atoms with E-state index >= 15 is 0 Å². The van der Waals surface area contributed by atoms with Crippen molar-refractivity contribution in [3.8, 4) is 0 Å². The summed E-state index contributed by atoms with van der Waals surface area (Å²) in [5.41, 5.74) is 1.58. The second-order valence-corrected chi connectivity index (χ2v) is 4.97. The van der Waals surface area contributed by atoms with Gasteiger partial charge in [-0.15, -0.1) is 0 Å². The van der Waals surface area contributed by atoms with E-state index < -0.39 is 0 Å². The summed E-state index contributed by atoms with van der Waals surface area (Å²) in [5, 5.41) is 1.48. The third-order valence-electron chi connectivity index (χ3n) is 3.09. The van der Waals surface area contributed by atoms with E-state index in [9.17, 15) is 4.79 Å². The quantitative estimate of drug-likeness (QED) is 0.671. The Morgan fingerprint density at radius 3 is 2.90 bits per heavy atom. The Bertz CT molecular complexity index is 750. The number of nitrogens with zero attached hydrogens (tertiary/aromatic N) is 1. The Morgan fingerprint density at radius 2 is 2.10 bits per heavy atom. The number of fused-ring (bicyclic) bond motifs is 1. The zero-order valence-corrected chi connectivity index (χ0v) is 11.4. The van der Waals surface area contributed by atoms with Gasteiger partial charge in [0.25, 0.3) is 0 Å². The van der Waals surface area contributed by atoms with Gasteiger partial charge in [0.2, 0.25) is 0 Å². The molecule has 0 aliphatic carbocycles. The van der Waals surface area contributed by atoms with Gasteiger partial charge in [0, 0.05) is 28.7 Å². The minimum Gasteiger partial charge on any atom is -0.453 e. The fraction of sp³-hybridized carbons (Fsp3) is 0.125. The monoisotopic (exact) mass is 285 g/mol. The van der Waals surface area contributed by atoms with E-state index in [4.69, 9.17) is 16.0 Å². The Balaban J connectivity index is 1.75. The fourth-order valence-corrected chi connectivity index (χ4v) is 2.24. The molecule has 0 aliphatic rings. The van der Waals surface area contributed by atoms with E-state index in [-0.39, 0.29) is 5.78 Å². The number of pyridine rings is 1. The van der Waals surface area contributed by atoms with Crippen molar-refractivity contribution in [2.45, 2.75) is 12.8 Å². The average Bonchev–Trinajstić information content (AvgIpc) is 2.89. The molecule has 0 bridgehead atoms. The van der Waals surface area contributed by atoms with Crippen LogP contribution >= 0.6 is 11.6 Å². The zero-order valence-electron chi connectivity index (χ0n) is 10.7. The molecule has 4 heteroatoms. The van der Waals surface area contributed by atoms with Gasteiger partial charge in [-0.05, 0) is 42.8 Å². The molecule has 0 atom stereocenters. The van der Waals surface area contributed by atoms with Gasteiger partial charge in [-0.2, -0.15) is 0 Å². The minimum atomic E-state index is -0.0250. The van der Waals surface area contributed by atoms with Crippen LogP contribution in [0.15, 0.2) is 53.1 Å². The van der Waals surface area contributed by atoms with Crippen LogP contribution in [0.5, 0.6) is 0 Å². The van der Waals surface area contributed by atoms with E-state index in [1.165, 1.54) is 0 Å². The van der Waals surface area contributed by atoms with E-state index in [1.807, 2.05) is 18.2 Å². The van der Waals surface area contributed by atoms with Crippen LogP contribution < -0.4 is 0 Å². The van der Waals surface area contributed by atoms with Gasteiger partial charge in [0.15, 0.2) is 11.5 Å². The van der Waals surface area contributed by atoms with Crippen molar-refractivity contribution in [2.75, 3.05) is 0 Å². The molecule has 0 radical (unpaired) electrons. The molecule has 2 aromatic heterocycles. The standard InChI is InChI=1S/C16H12ClNO2/c17-12-4-7-15-11(9-12)10-16(20-15)14(19)6-5-13-3-1-2-8-18-13/h1-4,7-10H,5-6H2. The van der Waals surface area contributed by atoms with Gasteiger partial charge >= 0.3 is 0 Å². The molecule has 0 spiro atoms. The van der Waals surface area contributed by atoms with Crippen LogP contribution in [0.4, 0.5) is 0 Å². The Kier molecular flexibility index (Phi) is 3.52. The van der Waals surface area contributed by atoms with E-state index in [2.05, 4.69) is 4.98 Å². The molecule has 20 heavy (non-hydrogen) atoms. The van der Waals surface area contributed by atoms with Crippen LogP contribution in [0.1, 0.15) is 22.7 Å². The number of hydrogen-bond donors (Lipinski definition) is 0. The molecule has 0 saturated heterocycles. The molecule has 3 rings (SSSR count). The number of furan rings is 1. The summed E-state index contributed by atoms with van der Waals surface area (Å²) in [4.78, 5) is 16.3. The molecular weight excluding hydrogens is 274 g/mol. The van der Waals surface area contributed by atoms with Crippen LogP contribution in [0.25, 0.3) is 11.0 Å². The summed E-state index contributed by atoms with van der Waals surface area (Å²) in [6.07, 6.45) is 2.71. The summed E-state index contributed by atoms with van der Waals surface area (Å²) in [6, 6.07) is 12.7. The van der Waals surface area contributed by atoms with Crippen molar-refractivity contribution < 1.29 is 9.21 Å². The maximum atomic E-state index is 12.1. The molecule has 1 aromatic carbocycles. The number of carbonyl (C=O) groups is 1. The van der Waals surface area contributed by atoms with Crippen LogP contribution in [0.2, 0.25) is 5.02 Å². The van der Waals surface area contributed by atoms with Crippen LogP contribution in [0.3, 0.4) is 0 Å². The number of benzene rings is 1. The van der Waals surface area contributed by atoms with E-state index in [0.29, 0.717) is 29.2 Å². The Morgan fingerprint density at radius 1 is 1.20 bits per heavy atom. The molecule has 0 saturated carbocycles. The predicted molar refractivity (Wildman–Crippen MR) is 78.1 cm³/mol. The first-order chi connectivity index (χ1) is 9.72. The number of rotatable bonds is 4. The van der Waals surface area contributed by atoms with Gasteiger partial charge in [0.1, 0.15) is 5.58 Å². The van der Waals surface area contributed by atoms with Gasteiger partial charge < -0.3 is 4.42 Å². The largest absolute Gasteiger partial charge is 0.453 e. The van der Waals surface area contributed by atoms with Crippen molar-refractivity contribution in [3.05, 3.63) is 65.1 Å². The van der Waals surface area contributed by atoms with Crippen LogP contribution in [-0.2, 0) is 6.42 Å². The second kappa shape index (κ2) is 5.47. The molecule has 0 amide bonds. The van der Waals surface area contributed by atoms with Gasteiger partial charge in [0.05, 0.1) is 0 Å². The van der Waals surface area contributed by atoms with Gasteiger partial charge in [-0.3, -0.25) is 9.78 Å². The highest BCUT2D eigenvalue weighted by Gasteiger charge is 2.12. The first kappa shape index (κ1) is 12.9. The van der Waals surface area contributed by atoms with Crippen LogP contribution in [-0.4, -0.2) is 10.8 Å². The highest BCUT2D eigenvalue weighted by atomic mass is 35.5. The molecule has 100 valence electrons. The molecule has 0 N–H and O–H groups in total. The lowest BCUT2D eigenvalue weighted by Crippen LogP contribution is -2.00. The van der Waals surface area contributed by atoms with Gasteiger partial charge in [-0.1, -0.05) is 17.7 Å². The second-order valence-electron chi connectivity index (χ2n) is 4.54. The number of Topliss-reactive ketones (excluding diaryl/α,β-unsaturated/α-hetero) is 1. The van der Waals surface area contributed by atoms with E-state index in [1.54, 1.807) is 30.5 Å². The molecule has 3 aromatic rings. The average molecular weight is 286 g/mol. The summed E-state index contributed by atoms with van der Waals surface area (Å²) >= 11 is 5.91. The first-order valence-corrected chi connectivity index (χ1v) is 6.72. The summed E-state index contributed by atoms with van der Waals surface area (Å²) in [7, 11) is 0. The maximum Gasteiger partial charge on any atom is 0.198 e. The summed E-state index contributed by atoms with van der Waals surface area (Å²) in [6.45, 7) is 0. The lowest BCUT2D eigenvalue weighted by molar-refractivity contribution is 0.0958. The minimum absolute atomic E-state index is 0.0250. The van der Waals surface area contributed by atoms with Crippen molar-refractivity contribution >= 4 is 28.4 Å². The first-order valence-electron chi connectivity index (χ1n) is 6.34. The summed E-state index contributed by atoms with van der Waals surface area (Å²) < 4.78 is 5.54. The highest BCUT2D eigenvalue weighted by molar-refractivity contribution is 6.31. The third kappa shape index (κ3) is 2.73. The molecule has 3 nitrogen and oxygen atoms in total. The smallest absolute Gasteiger partial charge is 0.198 e. The third-order valence-corrected chi connectivity index (χ3v) is 3.32. The Labute approximate surface area is 121 Å². The van der Waals surface area contributed by atoms with Gasteiger partial charge in [-0.25, -0.2) is 0 Å². The molecular formula is C16H12ClNO2. The topological polar surface area (TPSA) is 43.1 Å². The number of halogens is 1. The molecule has 0 unspecified atom stereocenters.